The molecule has 14 heteroatoms. The van der Waals surface area contributed by atoms with Crippen molar-refractivity contribution in [2.75, 3.05) is 37.9 Å². The molecular weight excluding hydrogens is 1110 g/mol. The lowest BCUT2D eigenvalue weighted by molar-refractivity contribution is 0.0515. The minimum Gasteiger partial charge on any atom is -0.443 e. The molecule has 0 saturated carbocycles. The van der Waals surface area contributed by atoms with Gasteiger partial charge in [-0.15, -0.1) is 0 Å². The highest BCUT2D eigenvalue weighted by atomic mass is 16.6. The maximum atomic E-state index is 12.9. The largest absolute Gasteiger partial charge is 0.443 e. The molecule has 8 rings (SSSR count). The summed E-state index contributed by atoms with van der Waals surface area (Å²) in [5, 5.41) is 36.6. The van der Waals surface area contributed by atoms with Crippen molar-refractivity contribution in [2.24, 2.45) is 0 Å². The lowest BCUT2D eigenvalue weighted by Crippen LogP contribution is -2.29. The fourth-order valence-electron chi connectivity index (χ4n) is 10.3. The second-order valence-corrected chi connectivity index (χ2v) is 25.6. The van der Waals surface area contributed by atoms with Crippen molar-refractivity contribution >= 4 is 23.6 Å². The Morgan fingerprint density at radius 3 is 1.12 bits per heavy atom. The summed E-state index contributed by atoms with van der Waals surface area (Å²) in [5.74, 6) is 1.26. The van der Waals surface area contributed by atoms with Crippen LogP contribution in [0.2, 0.25) is 0 Å². The molecule has 8 aromatic rings. The number of nitrogen functional groups attached to an aromatic ring is 2. The van der Waals surface area contributed by atoms with Crippen LogP contribution in [-0.4, -0.2) is 89.3 Å². The molecule has 0 saturated heterocycles. The molecule has 0 aliphatic carbocycles. The van der Waals surface area contributed by atoms with E-state index in [2.05, 4.69) is 94.0 Å². The van der Waals surface area contributed by atoms with Crippen LogP contribution in [0.3, 0.4) is 0 Å². The van der Waals surface area contributed by atoms with E-state index in [0.29, 0.717) is 43.2 Å². The van der Waals surface area contributed by atoms with Gasteiger partial charge in [0.1, 0.15) is 11.2 Å². The number of aryl methyl sites for hydroxylation is 2. The van der Waals surface area contributed by atoms with Crippen molar-refractivity contribution in [2.45, 2.75) is 191 Å². The van der Waals surface area contributed by atoms with Crippen LogP contribution >= 0.6 is 0 Å². The molecule has 4 heterocycles. The number of hydrogen-bond donors (Lipinski definition) is 8. The van der Waals surface area contributed by atoms with E-state index < -0.39 is 17.3 Å². The number of rotatable bonds is 20. The van der Waals surface area contributed by atoms with Crippen molar-refractivity contribution < 1.29 is 39.5 Å². The average Bonchev–Trinajstić information content (AvgIpc) is 1.97. The Morgan fingerprint density at radius 2 is 0.753 bits per heavy atom. The Morgan fingerprint density at radius 1 is 0.427 bits per heavy atom. The lowest BCUT2D eigenvalue weighted by Gasteiger charge is -2.22. The van der Waals surface area contributed by atoms with Crippen LogP contribution in [0.5, 0.6) is 0 Å². The van der Waals surface area contributed by atoms with Gasteiger partial charge in [0, 0.05) is 117 Å². The standard InChI is InChI=1S/C21H30N2O3.C21H29NO3.C16H22N2O.C16H21NO.CH4/c1-14(2)19-13-16(15-9-6-7-10-17(15)22)18(11-8-12-24)23(19)20(25)26-21(3,4)5;1-15(2)19-14-17(16-10-7-6-8-11-16)18(12-9-13-23)22(19)20(24)25-21(3,4)5;1-11(2)16-10-13(15(18-16)8-5-9-19)12-6-3-4-7-14(12)17;1-12(2)16-11-14(13-7-4-3-5-8-13)15(17-16)9-6-10-18;/h6-7,9-10,13-14,24H,8,11-12,22H2,1-5H3;6-8,10-11,14-15,23H,9,12-13H2,1-5H3;3-4,6-7,10-11,18-19H,5,8-9,17H2,1-2H3;3-5,7-8,11-12,17-18H,6,9-10H2,1-2H3;1H4. The molecule has 0 amide bonds. The van der Waals surface area contributed by atoms with E-state index in [4.69, 9.17) is 31.2 Å². The first kappa shape index (κ1) is 73.8. The van der Waals surface area contributed by atoms with Crippen LogP contribution in [-0.2, 0) is 35.2 Å². The zero-order chi connectivity index (χ0) is 64.9. The summed E-state index contributed by atoms with van der Waals surface area (Å²) in [4.78, 5) is 32.8. The van der Waals surface area contributed by atoms with Gasteiger partial charge in [0.25, 0.3) is 0 Å². The molecule has 0 unspecified atom stereocenters. The summed E-state index contributed by atoms with van der Waals surface area (Å²) in [6.07, 6.45) is 4.89. The topological polar surface area (TPSA) is 227 Å². The monoisotopic (exact) mass is 1220 g/mol. The third-order valence-electron chi connectivity index (χ3n) is 14.7. The van der Waals surface area contributed by atoms with Crippen LogP contribution in [0.15, 0.2) is 133 Å². The second-order valence-electron chi connectivity index (χ2n) is 25.6. The average molecular weight is 1220 g/mol. The number of ether oxygens (including phenoxy) is 2. The van der Waals surface area contributed by atoms with E-state index in [0.717, 1.165) is 93.2 Å². The van der Waals surface area contributed by atoms with Crippen molar-refractivity contribution in [3.63, 3.8) is 0 Å². The lowest BCUT2D eigenvalue weighted by atomic mass is 10.0. The van der Waals surface area contributed by atoms with Gasteiger partial charge < -0.3 is 51.3 Å². The second kappa shape index (κ2) is 35.0. The molecule has 4 aromatic carbocycles. The van der Waals surface area contributed by atoms with Crippen molar-refractivity contribution in [3.05, 3.63) is 179 Å². The fourth-order valence-corrected chi connectivity index (χ4v) is 10.3. The van der Waals surface area contributed by atoms with Gasteiger partial charge in [-0.2, -0.15) is 0 Å². The van der Waals surface area contributed by atoms with E-state index in [9.17, 15) is 19.8 Å². The van der Waals surface area contributed by atoms with E-state index in [1.807, 2.05) is 146 Å². The third-order valence-corrected chi connectivity index (χ3v) is 14.7. The molecule has 0 bridgehead atoms. The van der Waals surface area contributed by atoms with Gasteiger partial charge in [0.15, 0.2) is 0 Å². The van der Waals surface area contributed by atoms with E-state index in [1.165, 1.54) is 28.2 Å². The zero-order valence-corrected chi connectivity index (χ0v) is 55.0. The zero-order valence-electron chi connectivity index (χ0n) is 55.0. The Hall–Kier alpha value is -7.62. The predicted molar refractivity (Wildman–Crippen MR) is 369 cm³/mol. The summed E-state index contributed by atoms with van der Waals surface area (Å²) in [6.45, 7) is 28.7. The molecular formula is C75H106N6O8. The third kappa shape index (κ3) is 21.3. The molecule has 89 heavy (non-hydrogen) atoms. The Labute approximate surface area is 531 Å². The number of carbonyl (C=O) groups is 2. The highest BCUT2D eigenvalue weighted by molar-refractivity contribution is 5.84. The highest BCUT2D eigenvalue weighted by Gasteiger charge is 2.29. The Kier molecular flexibility index (Phi) is 29.0. The van der Waals surface area contributed by atoms with Crippen molar-refractivity contribution in [3.8, 4) is 44.5 Å². The van der Waals surface area contributed by atoms with Crippen LogP contribution in [0.4, 0.5) is 21.0 Å². The fraction of sp³-hybridized carbons (Fsp3) is 0.440. The summed E-state index contributed by atoms with van der Waals surface area (Å²) < 4.78 is 14.7. The number of nitrogens with zero attached hydrogens (tertiary/aromatic N) is 2. The molecule has 0 aliphatic heterocycles. The summed E-state index contributed by atoms with van der Waals surface area (Å²) >= 11 is 0. The maximum Gasteiger partial charge on any atom is 0.418 e. The number of aliphatic hydroxyl groups excluding tert-OH is 4. The van der Waals surface area contributed by atoms with Crippen molar-refractivity contribution in [1.29, 1.82) is 0 Å². The molecule has 14 nitrogen and oxygen atoms in total. The number of anilines is 2. The number of aliphatic hydroxyl groups is 4. The van der Waals surface area contributed by atoms with Gasteiger partial charge in [0.2, 0.25) is 0 Å². The van der Waals surface area contributed by atoms with Gasteiger partial charge in [0.05, 0.1) is 0 Å². The molecule has 0 atom stereocenters. The minimum atomic E-state index is -0.588. The van der Waals surface area contributed by atoms with Crippen molar-refractivity contribution in [1.82, 2.24) is 19.1 Å². The van der Waals surface area contributed by atoms with Gasteiger partial charge >= 0.3 is 12.2 Å². The normalized spacial score (nSPS) is 11.4. The quantitative estimate of drug-likeness (QED) is 0.0337. The smallest absolute Gasteiger partial charge is 0.418 e. The summed E-state index contributed by atoms with van der Waals surface area (Å²) in [7, 11) is 0. The van der Waals surface area contributed by atoms with E-state index in [1.54, 1.807) is 9.13 Å². The minimum absolute atomic E-state index is 0. The van der Waals surface area contributed by atoms with E-state index >= 15 is 0 Å². The number of para-hydroxylation sites is 2. The first-order valence-corrected chi connectivity index (χ1v) is 31.4. The molecule has 0 aliphatic rings. The van der Waals surface area contributed by atoms with Crippen LogP contribution in [0, 0.1) is 0 Å². The Bertz CT molecular complexity index is 3400. The predicted octanol–water partition coefficient (Wildman–Crippen LogP) is 17.2. The maximum absolute atomic E-state index is 12.9. The van der Waals surface area contributed by atoms with Crippen LogP contribution in [0.25, 0.3) is 44.5 Å². The molecule has 0 spiro atoms. The molecule has 4 aromatic heterocycles. The first-order chi connectivity index (χ1) is 41.7. The van der Waals surface area contributed by atoms with Gasteiger partial charge in [-0.25, -0.2) is 9.59 Å². The molecule has 0 radical (unpaired) electrons. The number of H-pyrrole nitrogens is 2. The number of aromatic amines is 2. The van der Waals surface area contributed by atoms with Gasteiger partial charge in [-0.1, -0.05) is 160 Å². The van der Waals surface area contributed by atoms with Gasteiger partial charge in [-0.3, -0.25) is 9.13 Å². The number of nitrogens with one attached hydrogen (secondary N) is 2. The van der Waals surface area contributed by atoms with E-state index in [-0.39, 0.29) is 51.8 Å². The summed E-state index contributed by atoms with van der Waals surface area (Å²) in [5.41, 5.74) is 29.6. The Balaban J connectivity index is 0.000000255. The number of nitrogens with two attached hydrogens (primary N) is 2. The SMILES string of the molecule is C.CC(C)c1cc(-c2ccccc2)c(CCCO)[nH]1.CC(C)c1cc(-c2ccccc2)c(CCCO)n1C(=O)OC(C)(C)C.CC(C)c1cc(-c2ccccc2N)c(CCCO)[nH]1.CC(C)c1cc(-c2ccccc2N)c(CCCO)n1C(=O)OC(C)(C)C. The van der Waals surface area contributed by atoms with Crippen LogP contribution < -0.4 is 11.5 Å². The van der Waals surface area contributed by atoms with Crippen LogP contribution in [0.1, 0.15) is 199 Å². The number of aromatic nitrogens is 4. The molecule has 10 N–H and O–H groups in total. The first-order valence-electron chi connectivity index (χ1n) is 31.4. The molecule has 0 fully saturated rings. The molecule has 484 valence electrons. The number of carbonyl (C=O) groups excluding carboxylic acids is 2. The highest BCUT2D eigenvalue weighted by Crippen LogP contribution is 2.37. The summed E-state index contributed by atoms with van der Waals surface area (Å²) in [6, 6.07) is 44.6. The number of hydrogen-bond acceptors (Lipinski definition) is 10. The van der Waals surface area contributed by atoms with Gasteiger partial charge in [-0.05, 0) is 164 Å². The number of benzene rings is 4.